The van der Waals surface area contributed by atoms with Gasteiger partial charge in [0.25, 0.3) is 0 Å². The Morgan fingerprint density at radius 2 is 1.74 bits per heavy atom. The van der Waals surface area contributed by atoms with E-state index in [-0.39, 0.29) is 24.3 Å². The van der Waals surface area contributed by atoms with Gasteiger partial charge in [0.2, 0.25) is 0 Å². The van der Waals surface area contributed by atoms with E-state index in [4.69, 9.17) is 4.74 Å². The first-order chi connectivity index (χ1) is 8.87. The highest BCUT2D eigenvalue weighted by molar-refractivity contribution is 5.69. The fourth-order valence-corrected chi connectivity index (χ4v) is 2.72. The maximum atomic E-state index is 12.4. The molecule has 1 heterocycles. The SMILES string of the molecule is CC(C)(C)OC(=O)N(C1CCC(O)CC1)C1CNC1. The largest absolute Gasteiger partial charge is 0.444 e. The van der Waals surface area contributed by atoms with Crippen LogP contribution in [0.25, 0.3) is 0 Å². The van der Waals surface area contributed by atoms with Crippen LogP contribution in [0.4, 0.5) is 4.79 Å². The second-order valence-corrected chi connectivity index (χ2v) is 6.66. The summed E-state index contributed by atoms with van der Waals surface area (Å²) in [7, 11) is 0. The minimum Gasteiger partial charge on any atom is -0.444 e. The van der Waals surface area contributed by atoms with Gasteiger partial charge >= 0.3 is 6.09 Å². The molecule has 2 rings (SSSR count). The molecule has 0 spiro atoms. The van der Waals surface area contributed by atoms with Crippen molar-refractivity contribution in [3.63, 3.8) is 0 Å². The average molecular weight is 270 g/mol. The lowest BCUT2D eigenvalue weighted by Crippen LogP contribution is -2.62. The van der Waals surface area contributed by atoms with Crippen LogP contribution in [-0.4, -0.2) is 53.0 Å². The Kier molecular flexibility index (Phi) is 4.36. The zero-order chi connectivity index (χ0) is 14.0. The van der Waals surface area contributed by atoms with Crippen molar-refractivity contribution in [1.82, 2.24) is 10.2 Å². The van der Waals surface area contributed by atoms with Gasteiger partial charge in [-0.05, 0) is 46.5 Å². The normalized spacial score (nSPS) is 28.6. The Hall–Kier alpha value is -0.810. The maximum absolute atomic E-state index is 12.4. The van der Waals surface area contributed by atoms with Crippen LogP contribution in [0.15, 0.2) is 0 Å². The summed E-state index contributed by atoms with van der Waals surface area (Å²) in [5.41, 5.74) is -0.458. The lowest BCUT2D eigenvalue weighted by atomic mass is 9.90. The molecule has 0 aromatic rings. The van der Waals surface area contributed by atoms with E-state index < -0.39 is 5.60 Å². The van der Waals surface area contributed by atoms with Crippen LogP contribution in [0.1, 0.15) is 46.5 Å². The minimum absolute atomic E-state index is 0.198. The van der Waals surface area contributed by atoms with E-state index in [1.807, 2.05) is 25.7 Å². The summed E-state index contributed by atoms with van der Waals surface area (Å²) in [5, 5.41) is 12.8. The fourth-order valence-electron chi connectivity index (χ4n) is 2.72. The Balaban J connectivity index is 2.01. The monoisotopic (exact) mass is 270 g/mol. The van der Waals surface area contributed by atoms with Crippen molar-refractivity contribution in [1.29, 1.82) is 0 Å². The molecule has 19 heavy (non-hydrogen) atoms. The predicted molar refractivity (Wildman–Crippen MR) is 73.0 cm³/mol. The molecule has 110 valence electrons. The molecule has 0 atom stereocenters. The molecule has 2 N–H and O–H groups in total. The van der Waals surface area contributed by atoms with E-state index in [0.29, 0.717) is 0 Å². The van der Waals surface area contributed by atoms with Crippen molar-refractivity contribution in [2.75, 3.05) is 13.1 Å². The van der Waals surface area contributed by atoms with Crippen molar-refractivity contribution < 1.29 is 14.6 Å². The quantitative estimate of drug-likeness (QED) is 0.798. The third-order valence-corrected chi connectivity index (χ3v) is 3.82. The topological polar surface area (TPSA) is 61.8 Å². The van der Waals surface area contributed by atoms with E-state index in [1.165, 1.54) is 0 Å². The van der Waals surface area contributed by atoms with Crippen LogP contribution in [0.5, 0.6) is 0 Å². The maximum Gasteiger partial charge on any atom is 0.410 e. The molecular weight excluding hydrogens is 244 g/mol. The summed E-state index contributed by atoms with van der Waals surface area (Å²) in [6.07, 6.45) is 2.90. The first kappa shape index (κ1) is 14.6. The van der Waals surface area contributed by atoms with Gasteiger partial charge in [0.15, 0.2) is 0 Å². The second-order valence-electron chi connectivity index (χ2n) is 6.66. The van der Waals surface area contributed by atoms with Crippen molar-refractivity contribution in [3.05, 3.63) is 0 Å². The van der Waals surface area contributed by atoms with Crippen LogP contribution < -0.4 is 5.32 Å². The van der Waals surface area contributed by atoms with E-state index in [1.54, 1.807) is 0 Å². The predicted octanol–water partition coefficient (Wildman–Crippen LogP) is 1.50. The van der Waals surface area contributed by atoms with Gasteiger partial charge in [-0.1, -0.05) is 0 Å². The first-order valence-electron chi connectivity index (χ1n) is 7.27. The third-order valence-electron chi connectivity index (χ3n) is 3.82. The van der Waals surface area contributed by atoms with Crippen LogP contribution in [0, 0.1) is 0 Å². The number of aliphatic hydroxyl groups excluding tert-OH is 1. The van der Waals surface area contributed by atoms with Crippen molar-refractivity contribution in [3.8, 4) is 0 Å². The zero-order valence-electron chi connectivity index (χ0n) is 12.2. The number of hydrogen-bond donors (Lipinski definition) is 2. The van der Waals surface area contributed by atoms with Crippen LogP contribution in [0.2, 0.25) is 0 Å². The van der Waals surface area contributed by atoms with E-state index in [0.717, 1.165) is 38.8 Å². The zero-order valence-corrected chi connectivity index (χ0v) is 12.2. The van der Waals surface area contributed by atoms with Gasteiger partial charge in [-0.15, -0.1) is 0 Å². The first-order valence-corrected chi connectivity index (χ1v) is 7.27. The summed E-state index contributed by atoms with van der Waals surface area (Å²) < 4.78 is 5.53. The van der Waals surface area contributed by atoms with Crippen LogP contribution in [-0.2, 0) is 4.74 Å². The highest BCUT2D eigenvalue weighted by Crippen LogP contribution is 2.27. The number of amides is 1. The van der Waals surface area contributed by atoms with E-state index in [9.17, 15) is 9.90 Å². The van der Waals surface area contributed by atoms with E-state index >= 15 is 0 Å². The highest BCUT2D eigenvalue weighted by Gasteiger charge is 2.38. The molecule has 1 saturated carbocycles. The van der Waals surface area contributed by atoms with Gasteiger partial charge in [-0.25, -0.2) is 4.79 Å². The van der Waals surface area contributed by atoms with Gasteiger partial charge in [0.05, 0.1) is 12.1 Å². The van der Waals surface area contributed by atoms with Gasteiger partial charge < -0.3 is 15.2 Å². The molecule has 1 aliphatic heterocycles. The van der Waals surface area contributed by atoms with Gasteiger partial charge in [0, 0.05) is 19.1 Å². The minimum atomic E-state index is -0.458. The molecule has 0 aromatic carbocycles. The Morgan fingerprint density at radius 1 is 1.16 bits per heavy atom. The smallest absolute Gasteiger partial charge is 0.410 e. The molecule has 0 radical (unpaired) electrons. The third kappa shape index (κ3) is 3.83. The lowest BCUT2D eigenvalue weighted by molar-refractivity contribution is -0.0146. The Bertz CT molecular complexity index is 315. The van der Waals surface area contributed by atoms with Crippen molar-refractivity contribution in [2.45, 2.75) is 70.2 Å². The highest BCUT2D eigenvalue weighted by atomic mass is 16.6. The molecule has 5 heteroatoms. The molecule has 0 unspecified atom stereocenters. The van der Waals surface area contributed by atoms with Crippen LogP contribution in [0.3, 0.4) is 0 Å². The van der Waals surface area contributed by atoms with Crippen LogP contribution >= 0.6 is 0 Å². The molecule has 0 bridgehead atoms. The average Bonchev–Trinajstić information content (AvgIpc) is 2.22. The lowest BCUT2D eigenvalue weighted by Gasteiger charge is -2.44. The molecular formula is C14H26N2O3. The summed E-state index contributed by atoms with van der Waals surface area (Å²) in [6.45, 7) is 7.38. The van der Waals surface area contributed by atoms with Crippen molar-refractivity contribution >= 4 is 6.09 Å². The number of nitrogens with zero attached hydrogens (tertiary/aromatic N) is 1. The summed E-state index contributed by atoms with van der Waals surface area (Å²) in [6, 6.07) is 0.459. The molecule has 2 aliphatic rings. The Labute approximate surface area is 115 Å². The molecule has 1 amide bonds. The number of hydrogen-bond acceptors (Lipinski definition) is 4. The second kappa shape index (κ2) is 5.67. The fraction of sp³-hybridized carbons (Fsp3) is 0.929. The number of carbonyl (C=O) groups excluding carboxylic acids is 1. The summed E-state index contributed by atoms with van der Waals surface area (Å²) in [4.78, 5) is 14.3. The molecule has 1 saturated heterocycles. The summed E-state index contributed by atoms with van der Waals surface area (Å²) in [5.74, 6) is 0. The van der Waals surface area contributed by atoms with E-state index in [2.05, 4.69) is 5.32 Å². The number of ether oxygens (including phenoxy) is 1. The molecule has 5 nitrogen and oxygen atoms in total. The molecule has 0 aromatic heterocycles. The summed E-state index contributed by atoms with van der Waals surface area (Å²) >= 11 is 0. The Morgan fingerprint density at radius 3 is 2.16 bits per heavy atom. The number of carbonyl (C=O) groups is 1. The molecule has 1 aliphatic carbocycles. The standard InChI is InChI=1S/C14H26N2O3/c1-14(2,3)19-13(18)16(11-8-15-9-11)10-4-6-12(17)7-5-10/h10-12,15,17H,4-9H2,1-3H3. The van der Waals surface area contributed by atoms with Gasteiger partial charge in [0.1, 0.15) is 5.60 Å². The van der Waals surface area contributed by atoms with Crippen molar-refractivity contribution in [2.24, 2.45) is 0 Å². The number of rotatable bonds is 2. The molecule has 2 fully saturated rings. The van der Waals surface area contributed by atoms with Gasteiger partial charge in [-0.3, -0.25) is 4.90 Å². The number of nitrogens with one attached hydrogen (secondary N) is 1. The van der Waals surface area contributed by atoms with Gasteiger partial charge in [-0.2, -0.15) is 0 Å². The number of aliphatic hydroxyl groups is 1.